The van der Waals surface area contributed by atoms with Crippen molar-refractivity contribution in [2.45, 2.75) is 103 Å². The van der Waals surface area contributed by atoms with Crippen LogP contribution in [0.4, 0.5) is 8.78 Å². The predicted octanol–water partition coefficient (Wildman–Crippen LogP) is 8.79. The zero-order chi connectivity index (χ0) is 20.5. The lowest BCUT2D eigenvalue weighted by Crippen LogP contribution is -2.16. The van der Waals surface area contributed by atoms with Gasteiger partial charge in [0.25, 0.3) is 0 Å². The molecule has 162 valence electrons. The van der Waals surface area contributed by atoms with Crippen LogP contribution in [-0.2, 0) is 6.42 Å². The summed E-state index contributed by atoms with van der Waals surface area (Å²) in [5.74, 6) is 1.39. The average Bonchev–Trinajstić information content (AvgIpc) is 2.75. The molecule has 0 nitrogen and oxygen atoms in total. The molecule has 1 unspecified atom stereocenters. The Hall–Kier alpha value is -1.18. The number of hydrogen-bond acceptors (Lipinski definition) is 0. The van der Waals surface area contributed by atoms with E-state index in [4.69, 9.17) is 0 Å². The maximum Gasteiger partial charge on any atom is 0.159 e. The second-order valence-corrected chi connectivity index (χ2v) is 9.71. The Morgan fingerprint density at radius 1 is 0.793 bits per heavy atom. The van der Waals surface area contributed by atoms with Crippen molar-refractivity contribution in [1.29, 1.82) is 0 Å². The molecular formula is C27H40F2. The van der Waals surface area contributed by atoms with Crippen LogP contribution in [0.2, 0.25) is 0 Å². The van der Waals surface area contributed by atoms with Gasteiger partial charge in [-0.15, -0.1) is 0 Å². The van der Waals surface area contributed by atoms with Crippen molar-refractivity contribution >= 4 is 0 Å². The highest BCUT2D eigenvalue weighted by Gasteiger charge is 2.22. The van der Waals surface area contributed by atoms with E-state index >= 15 is 0 Å². The fourth-order valence-electron chi connectivity index (χ4n) is 5.40. The van der Waals surface area contributed by atoms with E-state index in [1.165, 1.54) is 101 Å². The third kappa shape index (κ3) is 7.54. The van der Waals surface area contributed by atoms with E-state index in [-0.39, 0.29) is 0 Å². The molecule has 1 saturated carbocycles. The summed E-state index contributed by atoms with van der Waals surface area (Å²) in [4.78, 5) is 0. The predicted molar refractivity (Wildman–Crippen MR) is 119 cm³/mol. The van der Waals surface area contributed by atoms with Gasteiger partial charge in [0.1, 0.15) is 0 Å². The van der Waals surface area contributed by atoms with Crippen LogP contribution >= 0.6 is 0 Å². The van der Waals surface area contributed by atoms with Gasteiger partial charge in [-0.25, -0.2) is 8.78 Å². The lowest BCUT2D eigenvalue weighted by molar-refractivity contribution is 0.234. The SMILES string of the molecule is CCCCCC1CCC(CCC2CC=C(CCc3ccc(F)c(F)c3)CC2)CC1. The van der Waals surface area contributed by atoms with Gasteiger partial charge in [0.05, 0.1) is 0 Å². The van der Waals surface area contributed by atoms with Crippen LogP contribution in [0.3, 0.4) is 0 Å². The Bertz CT molecular complexity index is 640. The molecule has 1 atom stereocenters. The Labute approximate surface area is 177 Å². The first-order chi connectivity index (χ1) is 14.1. The fourth-order valence-corrected chi connectivity index (χ4v) is 5.40. The monoisotopic (exact) mass is 402 g/mol. The molecule has 29 heavy (non-hydrogen) atoms. The van der Waals surface area contributed by atoms with E-state index in [1.54, 1.807) is 6.07 Å². The largest absolute Gasteiger partial charge is 0.204 e. The topological polar surface area (TPSA) is 0 Å². The highest BCUT2D eigenvalue weighted by molar-refractivity contribution is 5.19. The smallest absolute Gasteiger partial charge is 0.159 e. The second kappa shape index (κ2) is 11.9. The van der Waals surface area contributed by atoms with Crippen molar-refractivity contribution in [3.63, 3.8) is 0 Å². The van der Waals surface area contributed by atoms with Crippen molar-refractivity contribution in [1.82, 2.24) is 0 Å². The highest BCUT2D eigenvalue weighted by atomic mass is 19.2. The minimum Gasteiger partial charge on any atom is -0.204 e. The third-order valence-electron chi connectivity index (χ3n) is 7.50. The normalized spacial score (nSPS) is 25.1. The minimum atomic E-state index is -0.751. The van der Waals surface area contributed by atoms with Crippen molar-refractivity contribution in [3.05, 3.63) is 47.0 Å². The van der Waals surface area contributed by atoms with Gasteiger partial charge in [-0.3, -0.25) is 0 Å². The van der Waals surface area contributed by atoms with E-state index in [0.29, 0.717) is 0 Å². The minimum absolute atomic E-state index is 0.727. The second-order valence-electron chi connectivity index (χ2n) is 9.71. The number of aryl methyl sites for hydroxylation is 1. The van der Waals surface area contributed by atoms with Crippen LogP contribution in [0.15, 0.2) is 29.8 Å². The molecule has 0 radical (unpaired) electrons. The maximum atomic E-state index is 13.3. The van der Waals surface area contributed by atoms with Gasteiger partial charge < -0.3 is 0 Å². The van der Waals surface area contributed by atoms with Crippen molar-refractivity contribution in [2.24, 2.45) is 17.8 Å². The summed E-state index contributed by atoms with van der Waals surface area (Å²) in [6.45, 7) is 2.30. The molecule has 0 aliphatic heterocycles. The van der Waals surface area contributed by atoms with E-state index in [1.807, 2.05) is 0 Å². The van der Waals surface area contributed by atoms with Crippen LogP contribution in [0, 0.1) is 29.4 Å². The van der Waals surface area contributed by atoms with Gasteiger partial charge in [-0.05, 0) is 74.0 Å². The first-order valence-corrected chi connectivity index (χ1v) is 12.3. The van der Waals surface area contributed by atoms with Crippen LogP contribution in [0.25, 0.3) is 0 Å². The fraction of sp³-hybridized carbons (Fsp3) is 0.704. The Balaban J connectivity index is 1.30. The van der Waals surface area contributed by atoms with Crippen molar-refractivity contribution < 1.29 is 8.78 Å². The first-order valence-electron chi connectivity index (χ1n) is 12.3. The molecule has 0 bridgehead atoms. The van der Waals surface area contributed by atoms with E-state index in [2.05, 4.69) is 13.0 Å². The average molecular weight is 403 g/mol. The van der Waals surface area contributed by atoms with E-state index in [0.717, 1.165) is 36.2 Å². The first kappa shape index (κ1) is 22.5. The van der Waals surface area contributed by atoms with Crippen molar-refractivity contribution in [3.8, 4) is 0 Å². The maximum absolute atomic E-state index is 13.3. The summed E-state index contributed by atoms with van der Waals surface area (Å²) in [6.07, 6.45) is 22.4. The molecule has 0 N–H and O–H groups in total. The number of hydrogen-bond donors (Lipinski definition) is 0. The molecule has 1 fully saturated rings. The molecule has 2 aliphatic rings. The van der Waals surface area contributed by atoms with Crippen LogP contribution < -0.4 is 0 Å². The molecule has 1 aromatic carbocycles. The lowest BCUT2D eigenvalue weighted by Gasteiger charge is -2.30. The summed E-state index contributed by atoms with van der Waals surface area (Å²) >= 11 is 0. The standard InChI is InChI=1S/C27H40F2/c1-2-3-4-5-21-6-8-22(9-7-21)10-11-23-12-14-24(15-13-23)16-17-25-18-19-26(28)27(29)20-25/h14,18-23H,2-13,15-17H2,1H3. The van der Waals surface area contributed by atoms with Gasteiger partial charge >= 0.3 is 0 Å². The Morgan fingerprint density at radius 2 is 1.52 bits per heavy atom. The molecular weight excluding hydrogens is 362 g/mol. The molecule has 0 saturated heterocycles. The van der Waals surface area contributed by atoms with Crippen molar-refractivity contribution in [2.75, 3.05) is 0 Å². The molecule has 0 aromatic heterocycles. The molecule has 2 heteroatoms. The number of unbranched alkanes of at least 4 members (excludes halogenated alkanes) is 2. The quantitative estimate of drug-likeness (QED) is 0.271. The Morgan fingerprint density at radius 3 is 2.17 bits per heavy atom. The lowest BCUT2D eigenvalue weighted by atomic mass is 9.76. The summed E-state index contributed by atoms with van der Waals surface area (Å²) in [5.41, 5.74) is 2.41. The summed E-state index contributed by atoms with van der Waals surface area (Å²) in [7, 11) is 0. The highest BCUT2D eigenvalue weighted by Crippen LogP contribution is 2.37. The molecule has 1 aromatic rings. The molecule has 3 rings (SSSR count). The molecule has 0 amide bonds. The summed E-state index contributed by atoms with van der Waals surface area (Å²) in [5, 5.41) is 0. The molecule has 0 spiro atoms. The van der Waals surface area contributed by atoms with Crippen LogP contribution in [0.1, 0.15) is 102 Å². The third-order valence-corrected chi connectivity index (χ3v) is 7.50. The molecule has 2 aliphatic carbocycles. The van der Waals surface area contributed by atoms with Gasteiger partial charge in [-0.1, -0.05) is 82.4 Å². The summed E-state index contributed by atoms with van der Waals surface area (Å²) < 4.78 is 26.4. The Kier molecular flexibility index (Phi) is 9.21. The number of benzene rings is 1. The zero-order valence-electron chi connectivity index (χ0n) is 18.4. The number of allylic oxidation sites excluding steroid dienone is 2. The van der Waals surface area contributed by atoms with Gasteiger partial charge in [0, 0.05) is 0 Å². The van der Waals surface area contributed by atoms with Crippen LogP contribution in [-0.4, -0.2) is 0 Å². The van der Waals surface area contributed by atoms with Gasteiger partial charge in [-0.2, -0.15) is 0 Å². The molecule has 0 heterocycles. The van der Waals surface area contributed by atoms with Gasteiger partial charge in [0.2, 0.25) is 0 Å². The van der Waals surface area contributed by atoms with E-state index < -0.39 is 11.6 Å². The summed E-state index contributed by atoms with van der Waals surface area (Å²) in [6, 6.07) is 4.30. The number of halogens is 2. The number of rotatable bonds is 10. The van der Waals surface area contributed by atoms with Crippen LogP contribution in [0.5, 0.6) is 0 Å². The zero-order valence-corrected chi connectivity index (χ0v) is 18.4. The van der Waals surface area contributed by atoms with E-state index in [9.17, 15) is 8.78 Å². The van der Waals surface area contributed by atoms with Gasteiger partial charge in [0.15, 0.2) is 11.6 Å².